The number of halogens is 1. The van der Waals surface area contributed by atoms with Crippen LogP contribution in [0.1, 0.15) is 0 Å². The second kappa shape index (κ2) is 2.03. The second-order valence-corrected chi connectivity index (χ2v) is 0.898. The number of allylic oxidation sites excluding steroid dienone is 1. The molecule has 0 spiro atoms. The summed E-state index contributed by atoms with van der Waals surface area (Å²) < 4.78 is 11.0. The van der Waals surface area contributed by atoms with E-state index in [0.29, 0.717) is 0 Å². The fourth-order valence-electron chi connectivity index (χ4n) is 0. The maximum atomic E-state index is 11.0. The van der Waals surface area contributed by atoms with Crippen molar-refractivity contribution < 1.29 is 4.39 Å². The van der Waals surface area contributed by atoms with Gasteiger partial charge in [-0.1, -0.05) is 6.58 Å². The maximum Gasteiger partial charge on any atom is 0.185 e. The number of rotatable bonds is 1. The van der Waals surface area contributed by atoms with Crippen molar-refractivity contribution in [1.82, 2.24) is 0 Å². The van der Waals surface area contributed by atoms with Crippen LogP contribution >= 0.6 is 12.2 Å². The van der Waals surface area contributed by atoms with Crippen LogP contribution in [0.5, 0.6) is 0 Å². The standard InChI is InChI=1S/C3H3FS/c1-2-3(4)5/h2H,1H2. The molecule has 0 unspecified atom stereocenters. The molecule has 5 heavy (non-hydrogen) atoms. The smallest absolute Gasteiger partial charge is 0.185 e. The van der Waals surface area contributed by atoms with Crippen LogP contribution in [0.15, 0.2) is 12.7 Å². The van der Waals surface area contributed by atoms with Gasteiger partial charge in [-0.2, -0.15) is 4.39 Å². The highest BCUT2D eigenvalue weighted by Gasteiger charge is 1.70. The van der Waals surface area contributed by atoms with Crippen molar-refractivity contribution in [2.45, 2.75) is 0 Å². The summed E-state index contributed by atoms with van der Waals surface area (Å²) in [5.41, 5.74) is 0. The van der Waals surface area contributed by atoms with Crippen molar-refractivity contribution in [3.63, 3.8) is 0 Å². The molecule has 0 fully saturated rings. The zero-order valence-electron chi connectivity index (χ0n) is 2.57. The first kappa shape index (κ1) is 4.76. The van der Waals surface area contributed by atoms with Gasteiger partial charge in [-0.15, -0.1) is 0 Å². The van der Waals surface area contributed by atoms with Crippen LogP contribution in [0, 0.1) is 0 Å². The maximum absolute atomic E-state index is 11.0. The lowest BCUT2D eigenvalue weighted by atomic mass is 10.7. The van der Waals surface area contributed by atoms with Crippen LogP contribution in [-0.2, 0) is 0 Å². The summed E-state index contributed by atoms with van der Waals surface area (Å²) in [6, 6.07) is 0. The Kier molecular flexibility index (Phi) is 1.93. The Morgan fingerprint density at radius 1 is 2.00 bits per heavy atom. The van der Waals surface area contributed by atoms with Crippen LogP contribution in [-0.4, -0.2) is 5.12 Å². The van der Waals surface area contributed by atoms with Gasteiger partial charge in [0.1, 0.15) is 0 Å². The van der Waals surface area contributed by atoms with Crippen LogP contribution < -0.4 is 0 Å². The van der Waals surface area contributed by atoms with Gasteiger partial charge >= 0.3 is 0 Å². The van der Waals surface area contributed by atoms with Crippen LogP contribution in [0.3, 0.4) is 0 Å². The minimum Gasteiger partial charge on any atom is -0.194 e. The molecule has 0 rings (SSSR count). The lowest BCUT2D eigenvalue weighted by molar-refractivity contribution is 0.838. The van der Waals surface area contributed by atoms with E-state index in [1.165, 1.54) is 0 Å². The van der Waals surface area contributed by atoms with E-state index in [4.69, 9.17) is 0 Å². The minimum atomic E-state index is -0.648. The van der Waals surface area contributed by atoms with Gasteiger partial charge in [-0.3, -0.25) is 0 Å². The molecule has 0 aliphatic heterocycles. The van der Waals surface area contributed by atoms with Crippen LogP contribution in [0.4, 0.5) is 4.39 Å². The SMILES string of the molecule is C=CC(F)=S. The number of thiocarbonyl (C=S) groups is 1. The van der Waals surface area contributed by atoms with E-state index in [2.05, 4.69) is 18.8 Å². The molecule has 0 aromatic carbocycles. The molecule has 0 heterocycles. The fraction of sp³-hybridized carbons (Fsp3) is 0. The van der Waals surface area contributed by atoms with E-state index >= 15 is 0 Å². The third-order valence-electron chi connectivity index (χ3n) is 0.160. The van der Waals surface area contributed by atoms with Gasteiger partial charge in [0.15, 0.2) is 5.12 Å². The highest BCUT2D eigenvalue weighted by Crippen LogP contribution is 1.74. The lowest BCUT2D eigenvalue weighted by Gasteiger charge is -1.62. The Morgan fingerprint density at radius 2 is 2.20 bits per heavy atom. The van der Waals surface area contributed by atoms with Gasteiger partial charge in [0.05, 0.1) is 0 Å². The van der Waals surface area contributed by atoms with Crippen molar-refractivity contribution in [2.75, 3.05) is 0 Å². The van der Waals surface area contributed by atoms with Crippen LogP contribution in [0.2, 0.25) is 0 Å². The molecule has 0 saturated heterocycles. The second-order valence-electron chi connectivity index (χ2n) is 0.508. The van der Waals surface area contributed by atoms with Gasteiger partial charge in [0.2, 0.25) is 0 Å². The lowest BCUT2D eigenvalue weighted by Crippen LogP contribution is -1.64. The summed E-state index contributed by atoms with van der Waals surface area (Å²) in [6.45, 7) is 3.04. The zero-order valence-corrected chi connectivity index (χ0v) is 3.39. The predicted octanol–water partition coefficient (Wildman–Crippen LogP) is 1.47. The molecule has 2 heteroatoms. The van der Waals surface area contributed by atoms with E-state index in [9.17, 15) is 4.39 Å². The van der Waals surface area contributed by atoms with Gasteiger partial charge in [-0.05, 0) is 18.3 Å². The van der Waals surface area contributed by atoms with E-state index in [1.54, 1.807) is 0 Å². The van der Waals surface area contributed by atoms with E-state index < -0.39 is 5.12 Å². The predicted molar refractivity (Wildman–Crippen MR) is 23.9 cm³/mol. The molecular formula is C3H3FS. The molecule has 0 atom stereocenters. The summed E-state index contributed by atoms with van der Waals surface area (Å²) >= 11 is 3.91. The minimum absolute atomic E-state index is 0.648. The zero-order chi connectivity index (χ0) is 4.28. The molecule has 0 radical (unpaired) electrons. The summed E-state index contributed by atoms with van der Waals surface area (Å²) in [6.07, 6.45) is 0.981. The molecule has 0 N–H and O–H groups in total. The third-order valence-corrected chi connectivity index (χ3v) is 0.327. The molecule has 0 amide bonds. The van der Waals surface area contributed by atoms with E-state index in [1.807, 2.05) is 0 Å². The molecule has 0 aliphatic carbocycles. The molecule has 28 valence electrons. The van der Waals surface area contributed by atoms with Crippen molar-refractivity contribution in [3.8, 4) is 0 Å². The molecule has 0 aromatic heterocycles. The van der Waals surface area contributed by atoms with Gasteiger partial charge in [-0.25, -0.2) is 0 Å². The molecular weight excluding hydrogens is 87.1 g/mol. The molecule has 0 aliphatic rings. The van der Waals surface area contributed by atoms with Crippen LogP contribution in [0.25, 0.3) is 0 Å². The van der Waals surface area contributed by atoms with Crippen molar-refractivity contribution >= 4 is 17.3 Å². The van der Waals surface area contributed by atoms with Gasteiger partial charge in [0.25, 0.3) is 0 Å². The quantitative estimate of drug-likeness (QED) is 0.267. The monoisotopic (exact) mass is 90.0 g/mol. The fourth-order valence-corrected chi connectivity index (χ4v) is 0. The first-order valence-corrected chi connectivity index (χ1v) is 1.50. The molecule has 0 bridgehead atoms. The normalized spacial score (nSPS) is 6.60. The molecule has 0 saturated carbocycles. The third kappa shape index (κ3) is 3.76. The van der Waals surface area contributed by atoms with E-state index in [-0.39, 0.29) is 0 Å². The Labute approximate surface area is 35.3 Å². The Bertz CT molecular complexity index is 57.9. The van der Waals surface area contributed by atoms with Crippen molar-refractivity contribution in [2.24, 2.45) is 0 Å². The molecule has 0 nitrogen and oxygen atoms in total. The Hall–Kier alpha value is -0.240. The van der Waals surface area contributed by atoms with Gasteiger partial charge < -0.3 is 0 Å². The summed E-state index contributed by atoms with van der Waals surface area (Å²) in [5.74, 6) is 0. The highest BCUT2D eigenvalue weighted by atomic mass is 32.1. The Morgan fingerprint density at radius 3 is 2.20 bits per heavy atom. The average molecular weight is 90.1 g/mol. The summed E-state index contributed by atoms with van der Waals surface area (Å²) in [4.78, 5) is 0. The summed E-state index contributed by atoms with van der Waals surface area (Å²) in [5, 5.41) is -0.648. The largest absolute Gasteiger partial charge is 0.194 e. The highest BCUT2D eigenvalue weighted by molar-refractivity contribution is 7.80. The molecule has 0 aromatic rings. The van der Waals surface area contributed by atoms with Crippen molar-refractivity contribution in [1.29, 1.82) is 0 Å². The topological polar surface area (TPSA) is 0 Å². The first-order chi connectivity index (χ1) is 2.27. The van der Waals surface area contributed by atoms with Gasteiger partial charge in [0, 0.05) is 0 Å². The van der Waals surface area contributed by atoms with Crippen molar-refractivity contribution in [3.05, 3.63) is 12.7 Å². The summed E-state index contributed by atoms with van der Waals surface area (Å²) in [7, 11) is 0. The van der Waals surface area contributed by atoms with E-state index in [0.717, 1.165) is 6.08 Å². The average Bonchev–Trinajstić information content (AvgIpc) is 1.38. The number of hydrogen-bond donors (Lipinski definition) is 0. The first-order valence-electron chi connectivity index (χ1n) is 1.09. The number of hydrogen-bond acceptors (Lipinski definition) is 1. The Balaban J connectivity index is 3.20.